The van der Waals surface area contributed by atoms with Crippen LogP contribution in [0.5, 0.6) is 0 Å². The average molecular weight is 455 g/mol. The first kappa shape index (κ1) is 23.2. The zero-order valence-corrected chi connectivity index (χ0v) is 20.0. The molecule has 0 saturated carbocycles. The predicted molar refractivity (Wildman–Crippen MR) is 126 cm³/mol. The molecule has 4 rings (SSSR count). The summed E-state index contributed by atoms with van der Waals surface area (Å²) in [5.74, 6) is 0.502. The molecule has 1 N–H and O–H groups in total. The zero-order valence-electron chi connectivity index (χ0n) is 20.0. The second kappa shape index (κ2) is 9.51. The van der Waals surface area contributed by atoms with Crippen molar-refractivity contribution in [2.24, 2.45) is 0 Å². The summed E-state index contributed by atoms with van der Waals surface area (Å²) < 4.78 is 7.41. The highest BCUT2D eigenvalue weighted by Crippen LogP contribution is 2.22. The Bertz CT molecular complexity index is 998. The summed E-state index contributed by atoms with van der Waals surface area (Å²) in [5, 5.41) is 7.52. The van der Waals surface area contributed by atoms with E-state index in [9.17, 15) is 9.59 Å². The first-order chi connectivity index (χ1) is 15.7. The van der Waals surface area contributed by atoms with Gasteiger partial charge in [-0.2, -0.15) is 5.10 Å². The summed E-state index contributed by atoms with van der Waals surface area (Å²) in [6, 6.07) is 5.44. The van der Waals surface area contributed by atoms with E-state index in [1.165, 1.54) is 0 Å². The van der Waals surface area contributed by atoms with Crippen molar-refractivity contribution < 1.29 is 14.3 Å². The van der Waals surface area contributed by atoms with Crippen LogP contribution in [0.1, 0.15) is 60.2 Å². The first-order valence-electron chi connectivity index (χ1n) is 11.7. The number of carbonyl (C=O) groups is 2. The van der Waals surface area contributed by atoms with Gasteiger partial charge in [-0.3, -0.25) is 14.3 Å². The number of rotatable bonds is 5. The lowest BCUT2D eigenvalue weighted by molar-refractivity contribution is 0.0725. The van der Waals surface area contributed by atoms with Gasteiger partial charge in [-0.25, -0.2) is 4.98 Å². The van der Waals surface area contributed by atoms with Crippen molar-refractivity contribution in [3.8, 4) is 0 Å². The van der Waals surface area contributed by atoms with Crippen LogP contribution in [0.25, 0.3) is 0 Å². The van der Waals surface area contributed by atoms with Crippen LogP contribution in [0.15, 0.2) is 24.4 Å². The number of nitrogens with zero attached hydrogens (tertiary/aromatic N) is 5. The molecule has 33 heavy (non-hydrogen) atoms. The number of ether oxygens (including phenoxy) is 1. The van der Waals surface area contributed by atoms with Crippen LogP contribution < -0.4 is 10.2 Å². The first-order valence-corrected chi connectivity index (χ1v) is 11.7. The molecular weight excluding hydrogens is 420 g/mol. The van der Waals surface area contributed by atoms with Gasteiger partial charge in [-0.1, -0.05) is 0 Å². The Morgan fingerprint density at radius 3 is 2.64 bits per heavy atom. The number of hydrogen-bond donors (Lipinski definition) is 1. The smallest absolute Gasteiger partial charge is 0.272 e. The number of amides is 2. The molecule has 2 aromatic rings. The van der Waals surface area contributed by atoms with Gasteiger partial charge in [0.25, 0.3) is 11.8 Å². The summed E-state index contributed by atoms with van der Waals surface area (Å²) >= 11 is 0. The Morgan fingerprint density at radius 1 is 1.21 bits per heavy atom. The molecule has 2 aromatic heterocycles. The van der Waals surface area contributed by atoms with E-state index < -0.39 is 0 Å². The Hall–Kier alpha value is -2.94. The third-order valence-electron chi connectivity index (χ3n) is 6.10. The number of nitrogens with one attached hydrogen (secondary N) is 1. The molecule has 0 aliphatic carbocycles. The average Bonchev–Trinajstić information content (AvgIpc) is 3.46. The summed E-state index contributed by atoms with van der Waals surface area (Å²) in [7, 11) is 0. The minimum atomic E-state index is -0.277. The SMILES string of the molecule is Cc1cc(C(=O)N2CCN(c3ncccc3C(=O)NC[C@H]3CCCO3)CC2)n(C(C)(C)C)n1. The van der Waals surface area contributed by atoms with Crippen LogP contribution in [0.4, 0.5) is 5.82 Å². The number of carbonyl (C=O) groups excluding carboxylic acids is 2. The minimum absolute atomic E-state index is 0.0132. The molecule has 1 atom stereocenters. The van der Waals surface area contributed by atoms with Crippen molar-refractivity contribution in [2.75, 3.05) is 44.2 Å². The molecule has 2 aliphatic heterocycles. The molecule has 178 valence electrons. The third kappa shape index (κ3) is 5.19. The molecule has 2 fully saturated rings. The zero-order chi connectivity index (χ0) is 23.6. The number of pyridine rings is 1. The lowest BCUT2D eigenvalue weighted by Gasteiger charge is -2.36. The molecule has 9 heteroatoms. The highest BCUT2D eigenvalue weighted by atomic mass is 16.5. The monoisotopic (exact) mass is 454 g/mol. The molecular formula is C24H34N6O3. The van der Waals surface area contributed by atoms with E-state index in [0.29, 0.717) is 49.8 Å². The highest BCUT2D eigenvalue weighted by Gasteiger charge is 2.30. The van der Waals surface area contributed by atoms with Crippen LogP contribution in [0, 0.1) is 6.92 Å². The number of aryl methyl sites for hydroxylation is 1. The van der Waals surface area contributed by atoms with Gasteiger partial charge in [0.2, 0.25) is 0 Å². The summed E-state index contributed by atoms with van der Waals surface area (Å²) in [5.41, 5.74) is 1.72. The van der Waals surface area contributed by atoms with Crippen molar-refractivity contribution in [2.45, 2.75) is 52.2 Å². The topological polar surface area (TPSA) is 92.6 Å². The van der Waals surface area contributed by atoms with Crippen molar-refractivity contribution in [1.82, 2.24) is 25.0 Å². The molecule has 4 heterocycles. The van der Waals surface area contributed by atoms with Crippen molar-refractivity contribution in [3.05, 3.63) is 41.3 Å². The molecule has 0 radical (unpaired) electrons. The summed E-state index contributed by atoms with van der Waals surface area (Å²) in [4.78, 5) is 34.5. The van der Waals surface area contributed by atoms with Gasteiger partial charge in [0.1, 0.15) is 11.5 Å². The highest BCUT2D eigenvalue weighted by molar-refractivity contribution is 5.99. The Morgan fingerprint density at radius 2 is 1.97 bits per heavy atom. The quantitative estimate of drug-likeness (QED) is 0.745. The van der Waals surface area contributed by atoms with Gasteiger partial charge < -0.3 is 19.9 Å². The second-order valence-electron chi connectivity index (χ2n) is 9.75. The maximum Gasteiger partial charge on any atom is 0.272 e. The van der Waals surface area contributed by atoms with E-state index in [2.05, 4.69) is 20.3 Å². The van der Waals surface area contributed by atoms with Crippen LogP contribution in [0.3, 0.4) is 0 Å². The number of aromatic nitrogens is 3. The van der Waals surface area contributed by atoms with E-state index in [4.69, 9.17) is 4.74 Å². The second-order valence-corrected chi connectivity index (χ2v) is 9.75. The number of piperazine rings is 1. The Kier molecular flexibility index (Phi) is 6.69. The Balaban J connectivity index is 1.41. The molecule has 0 aromatic carbocycles. The predicted octanol–water partition coefficient (Wildman–Crippen LogP) is 2.21. The lowest BCUT2D eigenvalue weighted by Crippen LogP contribution is -2.50. The van der Waals surface area contributed by atoms with Crippen LogP contribution in [0.2, 0.25) is 0 Å². The van der Waals surface area contributed by atoms with Gasteiger partial charge >= 0.3 is 0 Å². The number of hydrogen-bond acceptors (Lipinski definition) is 6. The van der Waals surface area contributed by atoms with E-state index in [1.807, 2.05) is 43.3 Å². The van der Waals surface area contributed by atoms with E-state index in [1.54, 1.807) is 18.3 Å². The fourth-order valence-corrected chi connectivity index (χ4v) is 4.38. The molecule has 2 amide bonds. The molecule has 0 unspecified atom stereocenters. The minimum Gasteiger partial charge on any atom is -0.376 e. The maximum absolute atomic E-state index is 13.3. The van der Waals surface area contributed by atoms with Gasteiger partial charge in [0.15, 0.2) is 0 Å². The molecule has 0 spiro atoms. The Labute approximate surface area is 195 Å². The fourth-order valence-electron chi connectivity index (χ4n) is 4.38. The number of anilines is 1. The van der Waals surface area contributed by atoms with Crippen molar-refractivity contribution >= 4 is 17.6 Å². The summed E-state index contributed by atoms with van der Waals surface area (Å²) in [6.45, 7) is 11.6. The third-order valence-corrected chi connectivity index (χ3v) is 6.10. The van der Waals surface area contributed by atoms with Gasteiger partial charge in [0, 0.05) is 45.5 Å². The van der Waals surface area contributed by atoms with Gasteiger partial charge in [0.05, 0.1) is 22.9 Å². The van der Waals surface area contributed by atoms with Crippen molar-refractivity contribution in [3.63, 3.8) is 0 Å². The van der Waals surface area contributed by atoms with Crippen LogP contribution in [-0.2, 0) is 10.3 Å². The fraction of sp³-hybridized carbons (Fsp3) is 0.583. The largest absolute Gasteiger partial charge is 0.376 e. The van der Waals surface area contributed by atoms with Gasteiger partial charge in [-0.05, 0) is 58.7 Å². The molecule has 2 aliphatic rings. The van der Waals surface area contributed by atoms with E-state index in [0.717, 1.165) is 25.1 Å². The standard InChI is InChI=1S/C24H34N6O3/c1-17-15-20(30(27-17)24(2,3)4)23(32)29-12-10-28(11-13-29)21-19(8-5-9-25-21)22(31)26-16-18-7-6-14-33-18/h5,8-9,15,18H,6-7,10-14,16H2,1-4H3,(H,26,31)/t18-/m1/s1. The lowest BCUT2D eigenvalue weighted by atomic mass is 10.1. The molecule has 9 nitrogen and oxygen atoms in total. The van der Waals surface area contributed by atoms with E-state index >= 15 is 0 Å². The molecule has 0 bridgehead atoms. The maximum atomic E-state index is 13.3. The van der Waals surface area contributed by atoms with Crippen molar-refractivity contribution in [1.29, 1.82) is 0 Å². The van der Waals surface area contributed by atoms with Gasteiger partial charge in [-0.15, -0.1) is 0 Å². The summed E-state index contributed by atoms with van der Waals surface area (Å²) in [6.07, 6.45) is 3.81. The normalized spacial score (nSPS) is 19.1. The van der Waals surface area contributed by atoms with Crippen LogP contribution >= 0.6 is 0 Å². The van der Waals surface area contributed by atoms with E-state index in [-0.39, 0.29) is 23.5 Å². The molecule has 2 saturated heterocycles. The van der Waals surface area contributed by atoms with Crippen LogP contribution in [-0.4, -0.2) is 76.9 Å².